The minimum atomic E-state index is -4.44. The smallest absolute Gasteiger partial charge is 0.339 e. The van der Waals surface area contributed by atoms with E-state index in [1.54, 1.807) is 32.0 Å². The standard InChI is InChI=1S/C25H26N4O8S2/c1-17(2)24(28-38(33,34)21-13-11-18(3)12-14-21)25(30)27-26-16-19-7-4-5-10-23(19)37-39(35,36)22-9-6-8-20(15-22)29(31)32/h4-17,24,28H,1-3H3,(H,27,30)/b26-16-/t24-/m1/s1. The molecule has 12 nitrogen and oxygen atoms in total. The normalized spacial score (nSPS) is 12.8. The molecule has 0 aliphatic heterocycles. The van der Waals surface area contributed by atoms with Gasteiger partial charge in [0.05, 0.1) is 16.0 Å². The van der Waals surface area contributed by atoms with Crippen molar-refractivity contribution in [3.8, 4) is 5.75 Å². The number of nitrogens with zero attached hydrogens (tertiary/aromatic N) is 2. The number of nitrogens with one attached hydrogen (secondary N) is 2. The topological polar surface area (TPSA) is 174 Å². The molecule has 0 bridgehead atoms. The van der Waals surface area contributed by atoms with Crippen molar-refractivity contribution in [3.63, 3.8) is 0 Å². The van der Waals surface area contributed by atoms with E-state index in [4.69, 9.17) is 4.18 Å². The number of rotatable bonds is 11. The fourth-order valence-electron chi connectivity index (χ4n) is 3.26. The third kappa shape index (κ3) is 7.69. The Morgan fingerprint density at radius 2 is 1.64 bits per heavy atom. The lowest BCUT2D eigenvalue weighted by Gasteiger charge is -2.20. The van der Waals surface area contributed by atoms with Crippen LogP contribution < -0.4 is 14.3 Å². The molecule has 0 saturated carbocycles. The SMILES string of the molecule is Cc1ccc(S(=O)(=O)N[C@@H](C(=O)N/N=C\c2ccccc2OS(=O)(=O)c2cccc([N+](=O)[O-])c2)C(C)C)cc1. The Balaban J connectivity index is 1.76. The van der Waals surface area contributed by atoms with Gasteiger partial charge in [0.25, 0.3) is 11.6 Å². The first-order valence-corrected chi connectivity index (χ1v) is 14.4. The Morgan fingerprint density at radius 1 is 0.974 bits per heavy atom. The van der Waals surface area contributed by atoms with E-state index in [-0.39, 0.29) is 16.2 Å². The molecular weight excluding hydrogens is 548 g/mol. The van der Waals surface area contributed by atoms with E-state index in [9.17, 15) is 31.7 Å². The van der Waals surface area contributed by atoms with Crippen LogP contribution in [0, 0.1) is 23.0 Å². The molecular formula is C25H26N4O8S2. The number of para-hydroxylation sites is 1. The number of hydrogen-bond acceptors (Lipinski definition) is 9. The van der Waals surface area contributed by atoms with E-state index in [0.29, 0.717) is 0 Å². The molecule has 0 spiro atoms. The summed E-state index contributed by atoms with van der Waals surface area (Å²) in [6.07, 6.45) is 1.13. The molecule has 1 atom stereocenters. The summed E-state index contributed by atoms with van der Waals surface area (Å²) in [5.74, 6) is -1.32. The fourth-order valence-corrected chi connectivity index (χ4v) is 5.60. The maximum atomic E-state index is 12.8. The van der Waals surface area contributed by atoms with Gasteiger partial charge in [-0.15, -0.1) is 0 Å². The molecule has 0 aromatic heterocycles. The van der Waals surface area contributed by atoms with Crippen LogP contribution >= 0.6 is 0 Å². The molecule has 3 aromatic rings. The summed E-state index contributed by atoms with van der Waals surface area (Å²) in [5.41, 5.74) is 2.88. The summed E-state index contributed by atoms with van der Waals surface area (Å²) in [6.45, 7) is 5.14. The lowest BCUT2D eigenvalue weighted by Crippen LogP contribution is -2.48. The van der Waals surface area contributed by atoms with Crippen molar-refractivity contribution in [2.45, 2.75) is 36.6 Å². The summed E-state index contributed by atoms with van der Waals surface area (Å²) < 4.78 is 58.5. The van der Waals surface area contributed by atoms with Crippen molar-refractivity contribution in [2.75, 3.05) is 0 Å². The average molecular weight is 575 g/mol. The molecule has 0 fully saturated rings. The molecule has 0 heterocycles. The van der Waals surface area contributed by atoms with Crippen LogP contribution in [0.4, 0.5) is 5.69 Å². The first kappa shape index (κ1) is 29.4. The van der Waals surface area contributed by atoms with Crippen LogP contribution in [-0.4, -0.2) is 39.9 Å². The van der Waals surface area contributed by atoms with Gasteiger partial charge in [0, 0.05) is 17.7 Å². The minimum absolute atomic E-state index is 0.00563. The number of carbonyl (C=O) groups excluding carboxylic acids is 1. The van der Waals surface area contributed by atoms with Crippen molar-refractivity contribution in [1.82, 2.24) is 10.1 Å². The monoisotopic (exact) mass is 574 g/mol. The fraction of sp³-hybridized carbons (Fsp3) is 0.200. The van der Waals surface area contributed by atoms with Crippen LogP contribution in [0.3, 0.4) is 0 Å². The summed E-state index contributed by atoms with van der Waals surface area (Å²) in [4.78, 5) is 22.6. The highest BCUT2D eigenvalue weighted by Gasteiger charge is 2.28. The zero-order valence-electron chi connectivity index (χ0n) is 21.1. The first-order valence-electron chi connectivity index (χ1n) is 11.5. The Labute approximate surface area is 226 Å². The van der Waals surface area contributed by atoms with Gasteiger partial charge < -0.3 is 4.18 Å². The number of nitro groups is 1. The van der Waals surface area contributed by atoms with Crippen LogP contribution in [-0.2, 0) is 24.9 Å². The molecule has 3 aromatic carbocycles. The van der Waals surface area contributed by atoms with Gasteiger partial charge in [-0.2, -0.15) is 18.2 Å². The Hall–Kier alpha value is -4.14. The first-order chi connectivity index (χ1) is 18.3. The number of hydrazone groups is 1. The Bertz CT molecular complexity index is 1600. The molecule has 0 unspecified atom stereocenters. The van der Waals surface area contributed by atoms with Gasteiger partial charge in [0.2, 0.25) is 10.0 Å². The van der Waals surface area contributed by atoms with Crippen LogP contribution in [0.25, 0.3) is 0 Å². The Morgan fingerprint density at radius 3 is 2.28 bits per heavy atom. The predicted molar refractivity (Wildman–Crippen MR) is 143 cm³/mol. The lowest BCUT2D eigenvalue weighted by molar-refractivity contribution is -0.385. The summed E-state index contributed by atoms with van der Waals surface area (Å²) in [7, 11) is -8.43. The maximum Gasteiger partial charge on any atom is 0.339 e. The van der Waals surface area contributed by atoms with Crippen LogP contribution in [0.2, 0.25) is 0 Å². The van der Waals surface area contributed by atoms with Crippen LogP contribution in [0.15, 0.2) is 87.7 Å². The second kappa shape index (κ2) is 12.1. The second-order valence-corrected chi connectivity index (χ2v) is 12.0. The number of amides is 1. The number of non-ortho nitro benzene ring substituents is 1. The van der Waals surface area contributed by atoms with Crippen LogP contribution in [0.1, 0.15) is 25.0 Å². The lowest BCUT2D eigenvalue weighted by atomic mass is 10.1. The molecule has 3 rings (SSSR count). The molecule has 39 heavy (non-hydrogen) atoms. The van der Waals surface area contributed by atoms with Crippen molar-refractivity contribution < 1.29 is 30.7 Å². The van der Waals surface area contributed by atoms with Crippen molar-refractivity contribution >= 4 is 38.0 Å². The number of benzene rings is 3. The van der Waals surface area contributed by atoms with Crippen molar-refractivity contribution in [3.05, 3.63) is 94.0 Å². The largest absolute Gasteiger partial charge is 0.378 e. The summed E-state index contributed by atoms with van der Waals surface area (Å²) >= 11 is 0. The second-order valence-electron chi connectivity index (χ2n) is 8.72. The molecule has 206 valence electrons. The van der Waals surface area contributed by atoms with E-state index >= 15 is 0 Å². The van der Waals surface area contributed by atoms with E-state index < -0.39 is 53.5 Å². The van der Waals surface area contributed by atoms with Gasteiger partial charge >= 0.3 is 10.1 Å². The maximum absolute atomic E-state index is 12.8. The van der Waals surface area contributed by atoms with Crippen molar-refractivity contribution in [2.24, 2.45) is 11.0 Å². The Kier molecular flexibility index (Phi) is 9.16. The molecule has 2 N–H and O–H groups in total. The number of carbonyl (C=O) groups is 1. The highest BCUT2D eigenvalue weighted by molar-refractivity contribution is 7.89. The zero-order valence-corrected chi connectivity index (χ0v) is 22.8. The van der Waals surface area contributed by atoms with Crippen molar-refractivity contribution in [1.29, 1.82) is 0 Å². The minimum Gasteiger partial charge on any atom is -0.378 e. The molecule has 14 heteroatoms. The third-order valence-corrected chi connectivity index (χ3v) is 8.06. The van der Waals surface area contributed by atoms with Crippen LogP contribution in [0.5, 0.6) is 5.75 Å². The molecule has 0 aliphatic rings. The van der Waals surface area contributed by atoms with E-state index in [2.05, 4.69) is 15.2 Å². The predicted octanol–water partition coefficient (Wildman–Crippen LogP) is 3.12. The molecule has 1 amide bonds. The van der Waals surface area contributed by atoms with Gasteiger partial charge in [0.15, 0.2) is 5.75 Å². The van der Waals surface area contributed by atoms with Gasteiger partial charge in [0.1, 0.15) is 10.9 Å². The molecule has 0 aliphatic carbocycles. The van der Waals surface area contributed by atoms with E-state index in [0.717, 1.165) is 30.0 Å². The summed E-state index contributed by atoms with van der Waals surface area (Å²) in [6, 6.07) is 15.3. The molecule has 0 radical (unpaired) electrons. The van der Waals surface area contributed by atoms with Gasteiger partial charge in [-0.25, -0.2) is 13.8 Å². The zero-order chi connectivity index (χ0) is 28.8. The number of nitro benzene ring substituents is 1. The summed E-state index contributed by atoms with van der Waals surface area (Å²) in [5, 5.41) is 14.8. The quantitative estimate of drug-likeness (QED) is 0.152. The van der Waals surface area contributed by atoms with Gasteiger partial charge in [-0.05, 0) is 43.2 Å². The average Bonchev–Trinajstić information content (AvgIpc) is 2.88. The van der Waals surface area contributed by atoms with E-state index in [1.165, 1.54) is 36.4 Å². The molecule has 0 saturated heterocycles. The number of sulfonamides is 1. The highest BCUT2D eigenvalue weighted by Crippen LogP contribution is 2.24. The number of hydrogen-bond donors (Lipinski definition) is 2. The highest BCUT2D eigenvalue weighted by atomic mass is 32.2. The third-order valence-electron chi connectivity index (χ3n) is 5.38. The van der Waals surface area contributed by atoms with E-state index in [1.807, 2.05) is 6.92 Å². The number of aryl methyl sites for hydroxylation is 1. The van der Waals surface area contributed by atoms with Gasteiger partial charge in [-0.3, -0.25) is 14.9 Å². The van der Waals surface area contributed by atoms with Gasteiger partial charge in [-0.1, -0.05) is 49.7 Å².